The van der Waals surface area contributed by atoms with E-state index in [0.717, 1.165) is 12.1 Å². The second-order valence-corrected chi connectivity index (χ2v) is 4.58. The molecule has 1 heterocycles. The van der Waals surface area contributed by atoms with Crippen molar-refractivity contribution in [1.82, 2.24) is 10.1 Å². The molecule has 0 amide bonds. The summed E-state index contributed by atoms with van der Waals surface area (Å²) in [5, 5.41) is 3.09. The Bertz CT molecular complexity index is 715. The van der Waals surface area contributed by atoms with E-state index in [1.54, 1.807) is 0 Å². The first-order valence-corrected chi connectivity index (χ1v) is 6.63. The molecule has 0 saturated heterocycles. The highest BCUT2D eigenvalue weighted by Crippen LogP contribution is 2.30. The number of aromatic nitrogens is 2. The lowest BCUT2D eigenvalue weighted by molar-refractivity contribution is -0.159. The molecule has 0 aliphatic rings. The van der Waals surface area contributed by atoms with Gasteiger partial charge in [0.1, 0.15) is 12.4 Å². The van der Waals surface area contributed by atoms with Crippen LogP contribution in [0.15, 0.2) is 22.7 Å². The number of ether oxygens (including phenoxy) is 2. The molecule has 1 aromatic heterocycles. The van der Waals surface area contributed by atoms with Crippen LogP contribution >= 0.6 is 0 Å². The van der Waals surface area contributed by atoms with Crippen molar-refractivity contribution in [3.05, 3.63) is 35.5 Å². The predicted molar refractivity (Wildman–Crippen MR) is 71.7 cm³/mol. The number of nitrogens with zero attached hydrogens (tertiary/aromatic N) is 2. The van der Waals surface area contributed by atoms with Gasteiger partial charge in [0.2, 0.25) is 5.82 Å². The van der Waals surface area contributed by atoms with E-state index in [0.29, 0.717) is 6.61 Å². The van der Waals surface area contributed by atoms with Crippen molar-refractivity contribution in [2.45, 2.75) is 6.18 Å². The maximum Gasteiger partial charge on any atom is 0.471 e. The van der Waals surface area contributed by atoms with Crippen LogP contribution in [0.5, 0.6) is 0 Å². The Kier molecular flexibility index (Phi) is 5.62. The number of benzene rings is 1. The smallest absolute Gasteiger partial charge is 0.382 e. The number of halogens is 4. The van der Waals surface area contributed by atoms with Gasteiger partial charge in [-0.25, -0.2) is 4.39 Å². The van der Waals surface area contributed by atoms with Crippen LogP contribution in [0.1, 0.15) is 16.2 Å². The van der Waals surface area contributed by atoms with E-state index in [2.05, 4.69) is 14.7 Å². The van der Waals surface area contributed by atoms with Gasteiger partial charge < -0.3 is 14.0 Å². The Balaban J connectivity index is 2.12. The molecule has 2 rings (SSSR count). The minimum Gasteiger partial charge on any atom is -0.382 e. The Morgan fingerprint density at radius 2 is 2.04 bits per heavy atom. The monoisotopic (exact) mass is 348 g/mol. The molecule has 0 N–H and O–H groups in total. The minimum atomic E-state index is -4.82. The molecule has 0 unspecified atom stereocenters. The summed E-state index contributed by atoms with van der Waals surface area (Å²) in [6.45, 7) is 0.231. The van der Waals surface area contributed by atoms with Crippen molar-refractivity contribution in [2.75, 3.05) is 26.9 Å². The summed E-state index contributed by atoms with van der Waals surface area (Å²) in [5.41, 5.74) is -0.306. The summed E-state index contributed by atoms with van der Waals surface area (Å²) in [7, 11) is 1.47. The summed E-state index contributed by atoms with van der Waals surface area (Å²) in [6.07, 6.45) is -4.82. The van der Waals surface area contributed by atoms with Crippen molar-refractivity contribution >= 4 is 5.78 Å². The Morgan fingerprint density at radius 1 is 1.29 bits per heavy atom. The average Bonchev–Trinajstić information content (AvgIpc) is 3.01. The second-order valence-electron chi connectivity index (χ2n) is 4.58. The van der Waals surface area contributed by atoms with Crippen LogP contribution in [0, 0.1) is 5.82 Å². The van der Waals surface area contributed by atoms with Gasteiger partial charge in [-0.15, -0.1) is 0 Å². The number of Topliss-reactive ketones (excluding diaryl/α,β-unsaturated/α-hetero) is 1. The molecule has 0 aliphatic heterocycles. The van der Waals surface area contributed by atoms with Crippen LogP contribution in [0.2, 0.25) is 0 Å². The zero-order chi connectivity index (χ0) is 17.7. The number of carbonyl (C=O) groups excluding carboxylic acids is 1. The van der Waals surface area contributed by atoms with Gasteiger partial charge in [-0.2, -0.15) is 18.2 Å². The SMILES string of the molecule is COCCOCC(=O)c1ccc(-c2noc(C(F)(F)F)n2)c(F)c1. The number of hydrogen-bond acceptors (Lipinski definition) is 6. The van der Waals surface area contributed by atoms with Gasteiger partial charge in [0.05, 0.1) is 18.8 Å². The zero-order valence-electron chi connectivity index (χ0n) is 12.4. The van der Waals surface area contributed by atoms with E-state index >= 15 is 0 Å². The molecule has 130 valence electrons. The van der Waals surface area contributed by atoms with Crippen LogP contribution in [-0.2, 0) is 15.7 Å². The normalized spacial score (nSPS) is 11.7. The van der Waals surface area contributed by atoms with E-state index in [1.165, 1.54) is 13.2 Å². The molecular weight excluding hydrogens is 336 g/mol. The third-order valence-electron chi connectivity index (χ3n) is 2.87. The molecule has 0 atom stereocenters. The van der Waals surface area contributed by atoms with Crippen molar-refractivity contribution < 1.29 is 36.4 Å². The number of hydrogen-bond donors (Lipinski definition) is 0. The Hall–Kier alpha value is -2.33. The number of methoxy groups -OCH3 is 1. The molecule has 0 aliphatic carbocycles. The van der Waals surface area contributed by atoms with Gasteiger partial charge in [0, 0.05) is 12.7 Å². The second kappa shape index (κ2) is 7.49. The summed E-state index contributed by atoms with van der Waals surface area (Å²) in [4.78, 5) is 14.9. The van der Waals surface area contributed by atoms with Crippen molar-refractivity contribution in [1.29, 1.82) is 0 Å². The van der Waals surface area contributed by atoms with Crippen LogP contribution in [0.4, 0.5) is 17.6 Å². The summed E-state index contributed by atoms with van der Waals surface area (Å²) in [6, 6.07) is 3.22. The fourth-order valence-electron chi connectivity index (χ4n) is 1.71. The third kappa shape index (κ3) is 4.36. The topological polar surface area (TPSA) is 74.5 Å². The molecule has 2 aromatic rings. The highest BCUT2D eigenvalue weighted by atomic mass is 19.4. The van der Waals surface area contributed by atoms with Gasteiger partial charge >= 0.3 is 12.1 Å². The summed E-state index contributed by atoms with van der Waals surface area (Å²) < 4.78 is 65.0. The lowest BCUT2D eigenvalue weighted by Gasteiger charge is -2.05. The van der Waals surface area contributed by atoms with Crippen LogP contribution in [-0.4, -0.2) is 42.9 Å². The van der Waals surface area contributed by atoms with Gasteiger partial charge in [-0.3, -0.25) is 4.79 Å². The predicted octanol–water partition coefficient (Wildman–Crippen LogP) is 2.74. The molecule has 0 spiro atoms. The standard InChI is InChI=1S/C14H12F4N2O4/c1-22-4-5-23-7-11(21)8-2-3-9(10(15)6-8)12-19-13(24-20-12)14(16,17)18/h2-3,6H,4-5,7H2,1H3. The van der Waals surface area contributed by atoms with Gasteiger partial charge in [-0.1, -0.05) is 11.2 Å². The fraction of sp³-hybridized carbons (Fsp3) is 0.357. The lowest BCUT2D eigenvalue weighted by Crippen LogP contribution is -2.12. The summed E-state index contributed by atoms with van der Waals surface area (Å²) >= 11 is 0. The molecule has 0 saturated carbocycles. The Labute approximate surface area is 133 Å². The highest BCUT2D eigenvalue weighted by Gasteiger charge is 2.38. The van der Waals surface area contributed by atoms with Crippen molar-refractivity contribution in [2.24, 2.45) is 0 Å². The first-order chi connectivity index (χ1) is 11.3. The van der Waals surface area contributed by atoms with Crippen LogP contribution < -0.4 is 0 Å². The zero-order valence-corrected chi connectivity index (χ0v) is 12.4. The molecular formula is C14H12F4N2O4. The average molecular weight is 348 g/mol. The first kappa shape index (κ1) is 18.0. The fourth-order valence-corrected chi connectivity index (χ4v) is 1.71. The molecule has 0 fully saturated rings. The molecule has 1 aromatic carbocycles. The maximum absolute atomic E-state index is 14.0. The first-order valence-electron chi connectivity index (χ1n) is 6.63. The maximum atomic E-state index is 14.0. The largest absolute Gasteiger partial charge is 0.471 e. The van der Waals surface area contributed by atoms with Crippen molar-refractivity contribution in [3.8, 4) is 11.4 Å². The number of carbonyl (C=O) groups is 1. The number of alkyl halides is 3. The van der Waals surface area contributed by atoms with E-state index in [9.17, 15) is 22.4 Å². The highest BCUT2D eigenvalue weighted by molar-refractivity contribution is 5.97. The van der Waals surface area contributed by atoms with Gasteiger partial charge in [-0.05, 0) is 12.1 Å². The van der Waals surface area contributed by atoms with E-state index < -0.39 is 29.5 Å². The van der Waals surface area contributed by atoms with E-state index in [-0.39, 0.29) is 24.3 Å². The van der Waals surface area contributed by atoms with Gasteiger partial charge in [0.25, 0.3) is 0 Å². The quantitative estimate of drug-likeness (QED) is 0.435. The number of rotatable bonds is 7. The molecule has 0 radical (unpaired) electrons. The summed E-state index contributed by atoms with van der Waals surface area (Å²) in [5.74, 6) is -3.58. The third-order valence-corrected chi connectivity index (χ3v) is 2.87. The van der Waals surface area contributed by atoms with Crippen LogP contribution in [0.25, 0.3) is 11.4 Å². The molecule has 24 heavy (non-hydrogen) atoms. The van der Waals surface area contributed by atoms with Crippen LogP contribution in [0.3, 0.4) is 0 Å². The van der Waals surface area contributed by atoms with E-state index in [4.69, 9.17) is 9.47 Å². The minimum absolute atomic E-state index is 0.00760. The molecule has 0 bridgehead atoms. The molecule has 10 heteroatoms. The lowest BCUT2D eigenvalue weighted by atomic mass is 10.1. The Morgan fingerprint density at radius 3 is 2.62 bits per heavy atom. The van der Waals surface area contributed by atoms with E-state index in [1.807, 2.05) is 0 Å². The van der Waals surface area contributed by atoms with Crippen molar-refractivity contribution in [3.63, 3.8) is 0 Å². The van der Waals surface area contributed by atoms with Gasteiger partial charge in [0.15, 0.2) is 5.78 Å². The molecule has 6 nitrogen and oxygen atoms in total. The number of ketones is 1.